The van der Waals surface area contributed by atoms with E-state index in [0.717, 1.165) is 43.6 Å². The first-order chi connectivity index (χ1) is 17.6. The molecular weight excluding hydrogens is 452 g/mol. The Morgan fingerprint density at radius 3 is 2.11 bits per heavy atom. The molecule has 7 heteroatoms. The van der Waals surface area contributed by atoms with E-state index in [1.54, 1.807) is 11.0 Å². The molecule has 3 aliphatic heterocycles. The zero-order chi connectivity index (χ0) is 25.0. The molecular formula is C29H34N4O3. The van der Waals surface area contributed by atoms with Crippen LogP contribution in [0.4, 0.5) is 5.69 Å². The second-order valence-electron chi connectivity index (χ2n) is 9.95. The van der Waals surface area contributed by atoms with Gasteiger partial charge in [-0.25, -0.2) is 0 Å². The van der Waals surface area contributed by atoms with Crippen molar-refractivity contribution in [2.24, 2.45) is 0 Å². The Balaban J connectivity index is 1.30. The zero-order valence-electron chi connectivity index (χ0n) is 20.7. The normalized spacial score (nSPS) is 19.9. The van der Waals surface area contributed by atoms with Crippen LogP contribution in [0.15, 0.2) is 66.7 Å². The Morgan fingerprint density at radius 1 is 0.806 bits per heavy atom. The molecule has 0 radical (unpaired) electrons. The zero-order valence-corrected chi connectivity index (χ0v) is 20.7. The summed E-state index contributed by atoms with van der Waals surface area (Å²) in [5.41, 5.74) is 1.22. The molecule has 188 valence electrons. The van der Waals surface area contributed by atoms with Crippen LogP contribution in [0.25, 0.3) is 6.08 Å². The van der Waals surface area contributed by atoms with Gasteiger partial charge >= 0.3 is 0 Å². The van der Waals surface area contributed by atoms with E-state index in [2.05, 4.69) is 4.90 Å². The smallest absolute Gasteiger partial charge is 0.250 e. The minimum atomic E-state index is -0.733. The van der Waals surface area contributed by atoms with Gasteiger partial charge in [0.15, 0.2) is 0 Å². The van der Waals surface area contributed by atoms with Gasteiger partial charge in [0.25, 0.3) is 5.91 Å². The molecule has 7 nitrogen and oxygen atoms in total. The summed E-state index contributed by atoms with van der Waals surface area (Å²) >= 11 is 0. The molecule has 3 saturated heterocycles. The third-order valence-corrected chi connectivity index (χ3v) is 7.74. The maximum Gasteiger partial charge on any atom is 0.250 e. The van der Waals surface area contributed by atoms with Crippen molar-refractivity contribution < 1.29 is 14.4 Å². The van der Waals surface area contributed by atoms with Crippen LogP contribution in [0.3, 0.4) is 0 Å². The fourth-order valence-corrected chi connectivity index (χ4v) is 5.66. The van der Waals surface area contributed by atoms with Gasteiger partial charge in [-0.1, -0.05) is 48.5 Å². The first kappa shape index (κ1) is 24.1. The van der Waals surface area contributed by atoms with E-state index in [1.165, 1.54) is 0 Å². The topological polar surface area (TPSA) is 64.2 Å². The Kier molecular flexibility index (Phi) is 7.07. The number of hydrogen-bond donors (Lipinski definition) is 0. The van der Waals surface area contributed by atoms with Crippen molar-refractivity contribution in [3.05, 3.63) is 72.3 Å². The van der Waals surface area contributed by atoms with Crippen molar-refractivity contribution >= 4 is 29.5 Å². The molecule has 36 heavy (non-hydrogen) atoms. The number of nitrogens with zero attached hydrogens (tertiary/aromatic N) is 4. The van der Waals surface area contributed by atoms with E-state index in [4.69, 9.17) is 0 Å². The van der Waals surface area contributed by atoms with Crippen molar-refractivity contribution in [2.45, 2.75) is 37.6 Å². The summed E-state index contributed by atoms with van der Waals surface area (Å²) in [5, 5.41) is 0. The van der Waals surface area contributed by atoms with Crippen LogP contribution in [0, 0.1) is 0 Å². The summed E-state index contributed by atoms with van der Waals surface area (Å²) in [4.78, 5) is 47.3. The molecule has 3 fully saturated rings. The van der Waals surface area contributed by atoms with Gasteiger partial charge in [-0.2, -0.15) is 0 Å². The van der Waals surface area contributed by atoms with Gasteiger partial charge in [-0.15, -0.1) is 0 Å². The van der Waals surface area contributed by atoms with E-state index in [1.807, 2.05) is 76.5 Å². The molecule has 2 aromatic rings. The Morgan fingerprint density at radius 2 is 1.44 bits per heavy atom. The highest BCUT2D eigenvalue weighted by Gasteiger charge is 2.54. The first-order valence-electron chi connectivity index (χ1n) is 13.0. The number of hydrogen-bond acceptors (Lipinski definition) is 4. The molecule has 0 bridgehead atoms. The van der Waals surface area contributed by atoms with Crippen molar-refractivity contribution in [1.82, 2.24) is 14.7 Å². The molecule has 3 amide bonds. The lowest BCUT2D eigenvalue weighted by Crippen LogP contribution is -2.57. The number of rotatable bonds is 5. The molecule has 0 aromatic heterocycles. The molecule has 3 aliphatic rings. The quantitative estimate of drug-likeness (QED) is 0.608. The van der Waals surface area contributed by atoms with Crippen molar-refractivity contribution in [3.63, 3.8) is 0 Å². The van der Waals surface area contributed by atoms with E-state index in [-0.39, 0.29) is 24.3 Å². The number of carbonyl (C=O) groups excluding carboxylic acids is 3. The Labute approximate surface area is 213 Å². The van der Waals surface area contributed by atoms with Crippen LogP contribution in [0.1, 0.15) is 37.7 Å². The average Bonchev–Trinajstić information content (AvgIpc) is 3.19. The fraction of sp³-hybridized carbons (Fsp3) is 0.414. The summed E-state index contributed by atoms with van der Waals surface area (Å²) in [6, 6.07) is 19.7. The number of anilines is 1. The van der Waals surface area contributed by atoms with E-state index in [9.17, 15) is 14.4 Å². The van der Waals surface area contributed by atoms with E-state index in [0.29, 0.717) is 32.6 Å². The summed E-state index contributed by atoms with van der Waals surface area (Å²) in [7, 11) is 0. The number of para-hydroxylation sites is 1. The fourth-order valence-electron chi connectivity index (χ4n) is 5.66. The van der Waals surface area contributed by atoms with Crippen LogP contribution in [-0.2, 0) is 14.4 Å². The summed E-state index contributed by atoms with van der Waals surface area (Å²) in [6.07, 6.45) is 7.75. The highest BCUT2D eigenvalue weighted by Crippen LogP contribution is 2.39. The third-order valence-electron chi connectivity index (χ3n) is 7.74. The van der Waals surface area contributed by atoms with Gasteiger partial charge in [0.2, 0.25) is 11.8 Å². The molecule has 0 N–H and O–H groups in total. The van der Waals surface area contributed by atoms with E-state index < -0.39 is 5.54 Å². The average molecular weight is 487 g/mol. The Hall–Kier alpha value is -3.61. The maximum absolute atomic E-state index is 13.9. The van der Waals surface area contributed by atoms with Gasteiger partial charge in [0.1, 0.15) is 12.1 Å². The van der Waals surface area contributed by atoms with Crippen LogP contribution < -0.4 is 4.90 Å². The minimum absolute atomic E-state index is 0.00337. The SMILES string of the molecule is O=C(/C=C/c1ccccc1)N1CCC2(CC1)C(=O)N(CC(=O)N1CCCCC1)CN2c1ccccc1. The summed E-state index contributed by atoms with van der Waals surface area (Å²) in [5.74, 6) is -0.00189. The summed E-state index contributed by atoms with van der Waals surface area (Å²) < 4.78 is 0. The molecule has 5 rings (SSSR count). The third kappa shape index (κ3) is 4.87. The number of amides is 3. The van der Waals surface area contributed by atoms with Crippen molar-refractivity contribution in [1.29, 1.82) is 0 Å². The molecule has 3 heterocycles. The summed E-state index contributed by atoms with van der Waals surface area (Å²) in [6.45, 7) is 3.07. The Bertz CT molecular complexity index is 1100. The van der Waals surface area contributed by atoms with Gasteiger partial charge in [0, 0.05) is 37.9 Å². The van der Waals surface area contributed by atoms with Gasteiger partial charge in [-0.3, -0.25) is 14.4 Å². The lowest BCUT2D eigenvalue weighted by Gasteiger charge is -2.43. The predicted octanol–water partition coefficient (Wildman–Crippen LogP) is 3.38. The molecule has 1 spiro atoms. The predicted molar refractivity (Wildman–Crippen MR) is 140 cm³/mol. The van der Waals surface area contributed by atoms with Crippen LogP contribution in [-0.4, -0.2) is 77.4 Å². The highest BCUT2D eigenvalue weighted by molar-refractivity contribution is 5.97. The van der Waals surface area contributed by atoms with Gasteiger partial charge in [0.05, 0.1) is 6.67 Å². The maximum atomic E-state index is 13.9. The molecule has 2 aromatic carbocycles. The molecule has 0 unspecified atom stereocenters. The highest BCUT2D eigenvalue weighted by atomic mass is 16.2. The standard InChI is InChI=1S/C29H34N4O3/c34-26(15-14-24-10-4-1-5-11-24)31-20-16-29(17-21-31)28(36)32(22-27(35)30-18-8-3-9-19-30)23-33(29)25-12-6-2-7-13-25/h1-2,4-7,10-15H,3,8-9,16-23H2/b15-14+. The second-order valence-corrected chi connectivity index (χ2v) is 9.95. The molecule has 0 aliphatic carbocycles. The van der Waals surface area contributed by atoms with Crippen molar-refractivity contribution in [2.75, 3.05) is 44.3 Å². The lowest BCUT2D eigenvalue weighted by atomic mass is 9.85. The van der Waals surface area contributed by atoms with Gasteiger partial charge in [-0.05, 0) is 55.9 Å². The first-order valence-corrected chi connectivity index (χ1v) is 13.0. The van der Waals surface area contributed by atoms with Gasteiger partial charge < -0.3 is 19.6 Å². The number of likely N-dealkylation sites (tertiary alicyclic amines) is 2. The van der Waals surface area contributed by atoms with Crippen molar-refractivity contribution in [3.8, 4) is 0 Å². The van der Waals surface area contributed by atoms with Crippen LogP contribution >= 0.6 is 0 Å². The largest absolute Gasteiger partial charge is 0.341 e. The van der Waals surface area contributed by atoms with Crippen LogP contribution in [0.5, 0.6) is 0 Å². The molecule has 0 saturated carbocycles. The minimum Gasteiger partial charge on any atom is -0.341 e. The monoisotopic (exact) mass is 486 g/mol. The number of carbonyl (C=O) groups is 3. The van der Waals surface area contributed by atoms with E-state index >= 15 is 0 Å². The molecule has 0 atom stereocenters. The lowest BCUT2D eigenvalue weighted by molar-refractivity contribution is -0.142. The second kappa shape index (κ2) is 10.6. The van der Waals surface area contributed by atoms with Crippen LogP contribution in [0.2, 0.25) is 0 Å². The number of piperidine rings is 2. The number of benzene rings is 2.